The van der Waals surface area contributed by atoms with Crippen LogP contribution in [0.2, 0.25) is 5.02 Å². The maximum Gasteiger partial charge on any atom is 0.160 e. The highest BCUT2D eigenvalue weighted by Crippen LogP contribution is 2.33. The van der Waals surface area contributed by atoms with Crippen LogP contribution in [0.3, 0.4) is 0 Å². The van der Waals surface area contributed by atoms with Crippen molar-refractivity contribution in [2.45, 2.75) is 0 Å². The molecule has 3 heterocycles. The van der Waals surface area contributed by atoms with Crippen LogP contribution >= 0.6 is 11.6 Å². The summed E-state index contributed by atoms with van der Waals surface area (Å²) in [5, 5.41) is 1.29. The summed E-state index contributed by atoms with van der Waals surface area (Å²) in [7, 11) is 0. The highest BCUT2D eigenvalue weighted by Gasteiger charge is 2.13. The van der Waals surface area contributed by atoms with Gasteiger partial charge >= 0.3 is 0 Å². The Bertz CT molecular complexity index is 1080. The van der Waals surface area contributed by atoms with E-state index in [4.69, 9.17) is 17.3 Å². The summed E-state index contributed by atoms with van der Waals surface area (Å²) >= 11 is 6.03. The van der Waals surface area contributed by atoms with Crippen LogP contribution in [0, 0.1) is 5.82 Å². The number of nitrogen functional groups attached to an aromatic ring is 1. The van der Waals surface area contributed by atoms with Crippen molar-refractivity contribution >= 4 is 28.5 Å². The van der Waals surface area contributed by atoms with Crippen LogP contribution in [0.5, 0.6) is 0 Å². The third-order valence-corrected chi connectivity index (χ3v) is 4.12. The molecule has 0 radical (unpaired) electrons. The van der Waals surface area contributed by atoms with Crippen LogP contribution in [0.4, 0.5) is 10.2 Å². The molecule has 0 amide bonds. The van der Waals surface area contributed by atoms with Gasteiger partial charge in [-0.05, 0) is 54.1 Å². The van der Waals surface area contributed by atoms with Gasteiger partial charge in [0, 0.05) is 33.9 Å². The fourth-order valence-corrected chi connectivity index (χ4v) is 2.86. The summed E-state index contributed by atoms with van der Waals surface area (Å²) in [5.74, 6) is 0.0370. The first-order chi connectivity index (χ1) is 12.1. The lowest BCUT2D eigenvalue weighted by Gasteiger charge is -2.10. The number of fused-ring (bicyclic) bond motifs is 1. The maximum absolute atomic E-state index is 14.3. The van der Waals surface area contributed by atoms with Crippen molar-refractivity contribution in [2.24, 2.45) is 0 Å². The lowest BCUT2D eigenvalue weighted by atomic mass is 10.0. The zero-order valence-electron chi connectivity index (χ0n) is 12.9. The normalized spacial score (nSPS) is 11.0. The Morgan fingerprint density at radius 2 is 1.84 bits per heavy atom. The average Bonchev–Trinajstić information content (AvgIpc) is 2.63. The molecule has 25 heavy (non-hydrogen) atoms. The molecule has 3 aromatic heterocycles. The first kappa shape index (κ1) is 15.5. The minimum Gasteiger partial charge on any atom is -0.384 e. The second kappa shape index (κ2) is 6.11. The fraction of sp³-hybridized carbons (Fsp3) is 0. The van der Waals surface area contributed by atoms with E-state index in [0.717, 1.165) is 16.5 Å². The van der Waals surface area contributed by atoms with Gasteiger partial charge in [-0.2, -0.15) is 0 Å². The van der Waals surface area contributed by atoms with Crippen molar-refractivity contribution in [1.29, 1.82) is 0 Å². The number of nitrogens with two attached hydrogens (primary N) is 1. The number of aromatic nitrogens is 3. The molecule has 122 valence electrons. The van der Waals surface area contributed by atoms with Crippen LogP contribution in [0.15, 0.2) is 60.9 Å². The highest BCUT2D eigenvalue weighted by atomic mass is 35.5. The Labute approximate surface area is 148 Å². The van der Waals surface area contributed by atoms with Gasteiger partial charge in [-0.3, -0.25) is 0 Å². The van der Waals surface area contributed by atoms with E-state index in [0.29, 0.717) is 27.7 Å². The van der Waals surface area contributed by atoms with Gasteiger partial charge in [-0.15, -0.1) is 0 Å². The van der Waals surface area contributed by atoms with Gasteiger partial charge in [-0.25, -0.2) is 19.3 Å². The summed E-state index contributed by atoms with van der Waals surface area (Å²) < 4.78 is 14.3. The second-order valence-corrected chi connectivity index (χ2v) is 5.96. The summed E-state index contributed by atoms with van der Waals surface area (Å²) in [5.41, 5.74) is 8.67. The van der Waals surface area contributed by atoms with Crippen LogP contribution in [-0.4, -0.2) is 15.0 Å². The zero-order valence-corrected chi connectivity index (χ0v) is 13.7. The molecule has 0 fully saturated rings. The first-order valence-corrected chi connectivity index (χ1v) is 7.93. The van der Waals surface area contributed by atoms with Gasteiger partial charge in [0.1, 0.15) is 11.6 Å². The number of pyridine rings is 3. The van der Waals surface area contributed by atoms with Crippen molar-refractivity contribution < 1.29 is 4.39 Å². The van der Waals surface area contributed by atoms with Gasteiger partial charge in [-0.1, -0.05) is 11.6 Å². The monoisotopic (exact) mass is 350 g/mol. The Morgan fingerprint density at radius 3 is 2.64 bits per heavy atom. The highest BCUT2D eigenvalue weighted by molar-refractivity contribution is 6.30. The second-order valence-electron chi connectivity index (χ2n) is 5.53. The molecule has 0 aliphatic rings. The van der Waals surface area contributed by atoms with E-state index in [1.54, 1.807) is 24.5 Å². The molecule has 0 spiro atoms. The number of hydrogen-bond acceptors (Lipinski definition) is 4. The summed E-state index contributed by atoms with van der Waals surface area (Å²) in [4.78, 5) is 12.9. The minimum absolute atomic E-state index is 0.324. The van der Waals surface area contributed by atoms with E-state index in [2.05, 4.69) is 15.0 Å². The number of benzene rings is 1. The molecule has 0 saturated heterocycles. The minimum atomic E-state index is -0.395. The Balaban J connectivity index is 2.01. The lowest BCUT2D eigenvalue weighted by Crippen LogP contribution is -1.95. The molecule has 0 atom stereocenters. The molecule has 4 nitrogen and oxygen atoms in total. The maximum atomic E-state index is 14.3. The molecular weight excluding hydrogens is 339 g/mol. The topological polar surface area (TPSA) is 64.7 Å². The third kappa shape index (κ3) is 2.90. The van der Waals surface area contributed by atoms with E-state index in [9.17, 15) is 4.39 Å². The molecule has 6 heteroatoms. The number of anilines is 1. The Kier molecular flexibility index (Phi) is 3.78. The predicted molar refractivity (Wildman–Crippen MR) is 97.6 cm³/mol. The molecule has 2 N–H and O–H groups in total. The van der Waals surface area contributed by atoms with Gasteiger partial charge < -0.3 is 5.73 Å². The molecule has 4 rings (SSSR count). The van der Waals surface area contributed by atoms with Crippen LogP contribution < -0.4 is 5.73 Å². The molecule has 0 aliphatic carbocycles. The van der Waals surface area contributed by atoms with Crippen LogP contribution in [0.1, 0.15) is 0 Å². The summed E-state index contributed by atoms with van der Waals surface area (Å²) in [6.45, 7) is 0. The Morgan fingerprint density at radius 1 is 0.960 bits per heavy atom. The molecule has 4 aromatic rings. The molecular formula is C19H12ClFN4. The molecule has 0 saturated carbocycles. The van der Waals surface area contributed by atoms with E-state index < -0.39 is 5.82 Å². The van der Waals surface area contributed by atoms with Gasteiger partial charge in [0.2, 0.25) is 0 Å². The van der Waals surface area contributed by atoms with E-state index in [1.165, 1.54) is 12.1 Å². The largest absolute Gasteiger partial charge is 0.384 e. The van der Waals surface area contributed by atoms with Crippen molar-refractivity contribution in [1.82, 2.24) is 15.0 Å². The smallest absolute Gasteiger partial charge is 0.160 e. The van der Waals surface area contributed by atoms with E-state index in [-0.39, 0.29) is 0 Å². The zero-order chi connectivity index (χ0) is 17.4. The van der Waals surface area contributed by atoms with E-state index in [1.807, 2.05) is 24.3 Å². The van der Waals surface area contributed by atoms with Gasteiger partial charge in [0.15, 0.2) is 5.65 Å². The number of rotatable bonds is 2. The molecule has 0 unspecified atom stereocenters. The van der Waals surface area contributed by atoms with Crippen LogP contribution in [-0.2, 0) is 0 Å². The van der Waals surface area contributed by atoms with Crippen molar-refractivity contribution in [3.8, 4) is 22.4 Å². The van der Waals surface area contributed by atoms with Crippen molar-refractivity contribution in [3.05, 3.63) is 71.8 Å². The molecule has 0 aliphatic heterocycles. The SMILES string of the molecule is Nc1ccc(-c2cc(-c3cc(Cl)ccc3F)nc3ncccc23)cn1. The summed E-state index contributed by atoms with van der Waals surface area (Å²) in [6.07, 6.45) is 3.33. The van der Waals surface area contributed by atoms with E-state index >= 15 is 0 Å². The number of nitrogens with zero attached hydrogens (tertiary/aromatic N) is 3. The van der Waals surface area contributed by atoms with Crippen LogP contribution in [0.25, 0.3) is 33.4 Å². The first-order valence-electron chi connectivity index (χ1n) is 7.55. The predicted octanol–water partition coefficient (Wildman–Crippen LogP) is 4.73. The molecule has 1 aromatic carbocycles. The Hall–Kier alpha value is -3.05. The van der Waals surface area contributed by atoms with Gasteiger partial charge in [0.05, 0.1) is 5.69 Å². The van der Waals surface area contributed by atoms with Crippen molar-refractivity contribution in [2.75, 3.05) is 5.73 Å². The summed E-state index contributed by atoms with van der Waals surface area (Å²) in [6, 6.07) is 13.5. The third-order valence-electron chi connectivity index (χ3n) is 3.89. The van der Waals surface area contributed by atoms with Gasteiger partial charge in [0.25, 0.3) is 0 Å². The standard InChI is InChI=1S/C19H12ClFN4/c20-12-4-5-16(21)15(8-12)17-9-14(11-3-6-18(22)24-10-11)13-2-1-7-23-19(13)25-17/h1-10H,(H2,22,24). The fourth-order valence-electron chi connectivity index (χ4n) is 2.69. The quantitative estimate of drug-likeness (QED) is 0.567. The lowest BCUT2D eigenvalue weighted by molar-refractivity contribution is 0.631. The number of halogens is 2. The molecule has 0 bridgehead atoms. The average molecular weight is 351 g/mol. The number of hydrogen-bond donors (Lipinski definition) is 1. The van der Waals surface area contributed by atoms with Crippen molar-refractivity contribution in [3.63, 3.8) is 0 Å².